The van der Waals surface area contributed by atoms with E-state index in [2.05, 4.69) is 15.7 Å². The van der Waals surface area contributed by atoms with Crippen LogP contribution in [0.25, 0.3) is 0 Å². The highest BCUT2D eigenvalue weighted by molar-refractivity contribution is 6.39. The fourth-order valence-electron chi connectivity index (χ4n) is 2.24. The molecular weight excluding hydrogens is 360 g/mol. The Bertz CT molecular complexity index is 789. The average molecular weight is 381 g/mol. The molecule has 27 heavy (non-hydrogen) atoms. The first-order valence-corrected chi connectivity index (χ1v) is 8.16. The van der Waals surface area contributed by atoms with E-state index in [9.17, 15) is 23.5 Å². The maximum absolute atomic E-state index is 13.6. The number of nitrogens with one attached hydrogen (secondary N) is 2. The minimum Gasteiger partial charge on any atom is -0.386 e. The van der Waals surface area contributed by atoms with Gasteiger partial charge in [-0.15, -0.1) is 0 Å². The SMILES string of the molecule is CN(C)CCn1cc(NC(=O)C(=O)NC[C@H](O)c2c(F)cccc2F)cn1. The lowest BCUT2D eigenvalue weighted by Gasteiger charge is -2.13. The minimum absolute atomic E-state index is 0.328. The molecule has 1 aromatic carbocycles. The first-order chi connectivity index (χ1) is 12.8. The molecule has 0 aliphatic carbocycles. The lowest BCUT2D eigenvalue weighted by atomic mass is 10.1. The second-order valence-corrected chi connectivity index (χ2v) is 6.11. The third kappa shape index (κ3) is 5.83. The van der Waals surface area contributed by atoms with Crippen molar-refractivity contribution in [3.05, 3.63) is 47.8 Å². The molecule has 2 aromatic rings. The maximum Gasteiger partial charge on any atom is 0.313 e. The third-order valence-electron chi connectivity index (χ3n) is 3.66. The zero-order valence-corrected chi connectivity index (χ0v) is 14.9. The van der Waals surface area contributed by atoms with Crippen LogP contribution in [0.4, 0.5) is 14.5 Å². The number of amides is 2. The Balaban J connectivity index is 1.86. The molecule has 0 spiro atoms. The highest BCUT2D eigenvalue weighted by atomic mass is 19.1. The Labute approximate surface area is 154 Å². The second-order valence-electron chi connectivity index (χ2n) is 6.11. The zero-order valence-electron chi connectivity index (χ0n) is 14.9. The predicted octanol–water partition coefficient (Wildman–Crippen LogP) is 0.511. The number of aliphatic hydroxyl groups excluding tert-OH is 1. The molecule has 0 unspecified atom stereocenters. The van der Waals surface area contributed by atoms with Crippen LogP contribution in [-0.4, -0.2) is 58.8 Å². The van der Waals surface area contributed by atoms with Gasteiger partial charge in [-0.05, 0) is 26.2 Å². The van der Waals surface area contributed by atoms with Gasteiger partial charge in [0.25, 0.3) is 0 Å². The van der Waals surface area contributed by atoms with Crippen molar-refractivity contribution in [1.82, 2.24) is 20.0 Å². The number of rotatable bonds is 7. The Kier molecular flexibility index (Phi) is 6.97. The molecule has 3 N–H and O–H groups in total. The number of carbonyl (C=O) groups is 2. The summed E-state index contributed by atoms with van der Waals surface area (Å²) in [4.78, 5) is 25.7. The van der Waals surface area contributed by atoms with E-state index in [0.717, 1.165) is 24.7 Å². The molecule has 1 heterocycles. The third-order valence-corrected chi connectivity index (χ3v) is 3.66. The number of aliphatic hydroxyl groups is 1. The summed E-state index contributed by atoms with van der Waals surface area (Å²) in [7, 11) is 3.83. The van der Waals surface area contributed by atoms with Crippen molar-refractivity contribution in [2.75, 3.05) is 32.5 Å². The summed E-state index contributed by atoms with van der Waals surface area (Å²) in [6.07, 6.45) is 1.33. The van der Waals surface area contributed by atoms with E-state index in [1.165, 1.54) is 6.20 Å². The fourth-order valence-corrected chi connectivity index (χ4v) is 2.24. The molecular formula is C17H21F2N5O3. The van der Waals surface area contributed by atoms with Gasteiger partial charge in [0, 0.05) is 19.3 Å². The quantitative estimate of drug-likeness (QED) is 0.607. The molecule has 1 aromatic heterocycles. The van der Waals surface area contributed by atoms with Crippen LogP contribution in [0.2, 0.25) is 0 Å². The molecule has 1 atom stereocenters. The molecule has 2 amide bonds. The summed E-state index contributed by atoms with van der Waals surface area (Å²) in [5, 5.41) is 18.4. The summed E-state index contributed by atoms with van der Waals surface area (Å²) >= 11 is 0. The number of nitrogens with zero attached hydrogens (tertiary/aromatic N) is 3. The molecule has 8 nitrogen and oxygen atoms in total. The minimum atomic E-state index is -1.63. The highest BCUT2D eigenvalue weighted by Gasteiger charge is 2.21. The molecule has 0 aliphatic rings. The molecule has 0 bridgehead atoms. The van der Waals surface area contributed by atoms with Gasteiger partial charge in [0.1, 0.15) is 17.7 Å². The fraction of sp³-hybridized carbons (Fsp3) is 0.353. The van der Waals surface area contributed by atoms with E-state index in [4.69, 9.17) is 0 Å². The van der Waals surface area contributed by atoms with Gasteiger partial charge in [-0.25, -0.2) is 8.78 Å². The van der Waals surface area contributed by atoms with Gasteiger partial charge >= 0.3 is 11.8 Å². The van der Waals surface area contributed by atoms with Crippen molar-refractivity contribution >= 4 is 17.5 Å². The Morgan fingerprint density at radius 3 is 2.56 bits per heavy atom. The van der Waals surface area contributed by atoms with Crippen LogP contribution < -0.4 is 10.6 Å². The molecule has 0 radical (unpaired) electrons. The smallest absolute Gasteiger partial charge is 0.313 e. The van der Waals surface area contributed by atoms with E-state index in [0.29, 0.717) is 12.2 Å². The van der Waals surface area contributed by atoms with Gasteiger partial charge in [0.2, 0.25) is 0 Å². The van der Waals surface area contributed by atoms with Crippen molar-refractivity contribution in [3.8, 4) is 0 Å². The molecule has 10 heteroatoms. The van der Waals surface area contributed by atoms with Gasteiger partial charge in [-0.3, -0.25) is 14.3 Å². The average Bonchev–Trinajstić information content (AvgIpc) is 3.05. The standard InChI is InChI=1S/C17H21F2N5O3/c1-23(2)6-7-24-10-11(8-21-24)22-17(27)16(26)20-9-14(25)15-12(18)4-3-5-13(15)19/h3-5,8,10,14,25H,6-7,9H2,1-2H3,(H,20,26)(H,22,27)/t14-/m0/s1. The topological polar surface area (TPSA) is 99.5 Å². The van der Waals surface area contributed by atoms with Gasteiger partial charge < -0.3 is 20.6 Å². The van der Waals surface area contributed by atoms with E-state index in [-0.39, 0.29) is 0 Å². The van der Waals surface area contributed by atoms with Crippen LogP contribution in [0.5, 0.6) is 0 Å². The van der Waals surface area contributed by atoms with Crippen molar-refractivity contribution < 1.29 is 23.5 Å². The molecule has 146 valence electrons. The first kappa shape index (κ1) is 20.5. The highest BCUT2D eigenvalue weighted by Crippen LogP contribution is 2.19. The number of hydrogen-bond donors (Lipinski definition) is 3. The normalized spacial score (nSPS) is 12.1. The van der Waals surface area contributed by atoms with Crippen molar-refractivity contribution in [1.29, 1.82) is 0 Å². The van der Waals surface area contributed by atoms with Gasteiger partial charge in [0.05, 0.1) is 24.0 Å². The van der Waals surface area contributed by atoms with E-state index in [1.807, 2.05) is 19.0 Å². The number of halogens is 2. The van der Waals surface area contributed by atoms with Crippen molar-refractivity contribution in [2.45, 2.75) is 12.6 Å². The summed E-state index contributed by atoms with van der Waals surface area (Å²) in [6.45, 7) is 0.835. The van der Waals surface area contributed by atoms with Crippen LogP contribution in [-0.2, 0) is 16.1 Å². The second kappa shape index (κ2) is 9.19. The lowest BCUT2D eigenvalue weighted by Crippen LogP contribution is -2.37. The number of aromatic nitrogens is 2. The molecule has 0 fully saturated rings. The van der Waals surface area contributed by atoms with Crippen LogP contribution in [0.3, 0.4) is 0 Å². The van der Waals surface area contributed by atoms with Gasteiger partial charge in [-0.1, -0.05) is 6.07 Å². The number of carbonyl (C=O) groups excluding carboxylic acids is 2. The van der Waals surface area contributed by atoms with Crippen LogP contribution in [0.1, 0.15) is 11.7 Å². The number of anilines is 1. The monoisotopic (exact) mass is 381 g/mol. The largest absolute Gasteiger partial charge is 0.386 e. The molecule has 0 saturated carbocycles. The number of benzene rings is 1. The van der Waals surface area contributed by atoms with Gasteiger partial charge in [0.15, 0.2) is 0 Å². The summed E-state index contributed by atoms with van der Waals surface area (Å²) in [6, 6.07) is 3.14. The summed E-state index contributed by atoms with van der Waals surface area (Å²) in [5.74, 6) is -3.91. The molecule has 0 saturated heterocycles. The molecule has 0 aliphatic heterocycles. The van der Waals surface area contributed by atoms with E-state index >= 15 is 0 Å². The number of likely N-dealkylation sites (N-methyl/N-ethyl adjacent to an activating group) is 1. The molecule has 2 rings (SSSR count). The zero-order chi connectivity index (χ0) is 20.0. The van der Waals surface area contributed by atoms with Gasteiger partial charge in [-0.2, -0.15) is 5.10 Å². The summed E-state index contributed by atoms with van der Waals surface area (Å²) in [5.41, 5.74) is -0.241. The van der Waals surface area contributed by atoms with Crippen molar-refractivity contribution in [3.63, 3.8) is 0 Å². The van der Waals surface area contributed by atoms with E-state index < -0.39 is 41.7 Å². The maximum atomic E-state index is 13.6. The van der Waals surface area contributed by atoms with Crippen LogP contribution >= 0.6 is 0 Å². The predicted molar refractivity (Wildman–Crippen MR) is 93.7 cm³/mol. The first-order valence-electron chi connectivity index (χ1n) is 8.16. The Morgan fingerprint density at radius 1 is 1.26 bits per heavy atom. The van der Waals surface area contributed by atoms with Crippen LogP contribution in [0, 0.1) is 11.6 Å². The number of hydrogen-bond acceptors (Lipinski definition) is 5. The van der Waals surface area contributed by atoms with E-state index in [1.54, 1.807) is 10.9 Å². The summed E-state index contributed by atoms with van der Waals surface area (Å²) < 4.78 is 28.8. The van der Waals surface area contributed by atoms with Crippen molar-refractivity contribution in [2.24, 2.45) is 0 Å². The lowest BCUT2D eigenvalue weighted by molar-refractivity contribution is -0.136. The van der Waals surface area contributed by atoms with Crippen LogP contribution in [0.15, 0.2) is 30.6 Å². The Hall–Kier alpha value is -2.85. The Morgan fingerprint density at radius 2 is 1.93 bits per heavy atom.